The van der Waals surface area contributed by atoms with Crippen molar-refractivity contribution in [3.63, 3.8) is 0 Å². The Morgan fingerprint density at radius 3 is 2.45 bits per heavy atom. The minimum atomic E-state index is -4.74. The van der Waals surface area contributed by atoms with E-state index in [0.29, 0.717) is 17.7 Å². The van der Waals surface area contributed by atoms with Crippen molar-refractivity contribution in [2.75, 3.05) is 0 Å². The van der Waals surface area contributed by atoms with E-state index in [1.807, 2.05) is 0 Å². The lowest BCUT2D eigenvalue weighted by molar-refractivity contribution is -0.275. The van der Waals surface area contributed by atoms with Crippen LogP contribution in [0.2, 0.25) is 0 Å². The van der Waals surface area contributed by atoms with Crippen LogP contribution in [0.1, 0.15) is 17.3 Å². The van der Waals surface area contributed by atoms with Gasteiger partial charge in [-0.15, -0.1) is 13.2 Å². The van der Waals surface area contributed by atoms with E-state index < -0.39 is 12.4 Å². The largest absolute Gasteiger partial charge is 0.573 e. The van der Waals surface area contributed by atoms with Gasteiger partial charge < -0.3 is 10.5 Å². The second-order valence-corrected chi connectivity index (χ2v) is 4.22. The molecule has 1 unspecified atom stereocenters. The fourth-order valence-electron chi connectivity index (χ4n) is 1.86. The highest BCUT2D eigenvalue weighted by Gasteiger charge is 2.32. The normalized spacial score (nSPS) is 13.0. The molecule has 6 heteroatoms. The fourth-order valence-corrected chi connectivity index (χ4v) is 1.86. The second kappa shape index (κ2) is 5.92. The minimum Gasteiger partial charge on any atom is -0.405 e. The monoisotopic (exact) mass is 282 g/mol. The van der Waals surface area contributed by atoms with Crippen LogP contribution in [0, 0.1) is 0 Å². The third-order valence-corrected chi connectivity index (χ3v) is 2.70. The van der Waals surface area contributed by atoms with E-state index in [1.54, 1.807) is 30.5 Å². The minimum absolute atomic E-state index is 0.275. The molecule has 0 saturated carbocycles. The highest BCUT2D eigenvalue weighted by Crippen LogP contribution is 2.30. The van der Waals surface area contributed by atoms with Crippen LogP contribution in [-0.2, 0) is 6.42 Å². The van der Waals surface area contributed by atoms with Crippen LogP contribution in [0.25, 0.3) is 0 Å². The maximum Gasteiger partial charge on any atom is 0.573 e. The Labute approximate surface area is 114 Å². The molecule has 0 amide bonds. The number of pyridine rings is 1. The van der Waals surface area contributed by atoms with Crippen LogP contribution < -0.4 is 10.5 Å². The third kappa shape index (κ3) is 3.96. The van der Waals surface area contributed by atoms with Crippen LogP contribution >= 0.6 is 0 Å². The summed E-state index contributed by atoms with van der Waals surface area (Å²) in [5.41, 5.74) is 6.97. The predicted octanol–water partition coefficient (Wildman–Crippen LogP) is 3.22. The van der Waals surface area contributed by atoms with E-state index in [-0.39, 0.29) is 5.75 Å². The number of aromatic nitrogens is 1. The van der Waals surface area contributed by atoms with E-state index in [2.05, 4.69) is 9.72 Å². The summed E-state index contributed by atoms with van der Waals surface area (Å²) < 4.78 is 41.0. The van der Waals surface area contributed by atoms with Gasteiger partial charge in [-0.2, -0.15) is 0 Å². The summed E-state index contributed by atoms with van der Waals surface area (Å²) in [7, 11) is 0. The smallest absolute Gasteiger partial charge is 0.405 e. The molecule has 0 aliphatic heterocycles. The Morgan fingerprint density at radius 2 is 1.80 bits per heavy atom. The first kappa shape index (κ1) is 14.3. The van der Waals surface area contributed by atoms with Crippen molar-refractivity contribution in [3.05, 3.63) is 59.9 Å². The standard InChI is InChI=1S/C14H13F3N2O/c15-14(16,17)20-13-7-2-1-6-11(13)12(18)9-10-5-3-4-8-19-10/h1-8,12H,9,18H2. The van der Waals surface area contributed by atoms with Gasteiger partial charge in [0, 0.05) is 29.9 Å². The Bertz CT molecular complexity index is 558. The second-order valence-electron chi connectivity index (χ2n) is 4.22. The molecule has 2 N–H and O–H groups in total. The molecule has 0 spiro atoms. The number of ether oxygens (including phenoxy) is 1. The molecule has 0 bridgehead atoms. The molecule has 106 valence electrons. The third-order valence-electron chi connectivity index (χ3n) is 2.70. The summed E-state index contributed by atoms with van der Waals surface area (Å²) in [6.45, 7) is 0. The molecule has 0 saturated heterocycles. The number of halogens is 3. The van der Waals surface area contributed by atoms with Gasteiger partial charge in [-0.05, 0) is 18.2 Å². The first-order valence-corrected chi connectivity index (χ1v) is 5.96. The molecule has 2 rings (SSSR count). The van der Waals surface area contributed by atoms with Crippen molar-refractivity contribution in [2.24, 2.45) is 5.73 Å². The van der Waals surface area contributed by atoms with Gasteiger partial charge in [0.25, 0.3) is 0 Å². The average Bonchev–Trinajstić information content (AvgIpc) is 2.38. The average molecular weight is 282 g/mol. The topological polar surface area (TPSA) is 48.1 Å². The van der Waals surface area contributed by atoms with Crippen LogP contribution in [0.3, 0.4) is 0 Å². The number of nitrogens with zero attached hydrogens (tertiary/aromatic N) is 1. The van der Waals surface area contributed by atoms with Gasteiger partial charge in [0.05, 0.1) is 0 Å². The maximum absolute atomic E-state index is 12.3. The van der Waals surface area contributed by atoms with Crippen molar-refractivity contribution in [1.29, 1.82) is 0 Å². The van der Waals surface area contributed by atoms with E-state index in [1.165, 1.54) is 18.2 Å². The molecule has 0 fully saturated rings. The predicted molar refractivity (Wildman–Crippen MR) is 68.0 cm³/mol. The SMILES string of the molecule is NC(Cc1ccccn1)c1ccccc1OC(F)(F)F. The summed E-state index contributed by atoms with van der Waals surface area (Å²) in [5, 5.41) is 0. The Hall–Kier alpha value is -2.08. The highest BCUT2D eigenvalue weighted by atomic mass is 19.4. The number of hydrogen-bond donors (Lipinski definition) is 1. The molecular formula is C14H13F3N2O. The first-order chi connectivity index (χ1) is 9.46. The number of alkyl halides is 3. The molecule has 20 heavy (non-hydrogen) atoms. The lowest BCUT2D eigenvalue weighted by atomic mass is 10.0. The van der Waals surface area contributed by atoms with E-state index in [0.717, 1.165) is 0 Å². The summed E-state index contributed by atoms with van der Waals surface area (Å²) in [5.74, 6) is -0.275. The number of hydrogen-bond acceptors (Lipinski definition) is 3. The Kier molecular flexibility index (Phi) is 4.24. The number of para-hydroxylation sites is 1. The molecule has 1 aromatic carbocycles. The first-order valence-electron chi connectivity index (χ1n) is 5.96. The zero-order valence-electron chi connectivity index (χ0n) is 10.5. The van der Waals surface area contributed by atoms with Crippen LogP contribution in [0.5, 0.6) is 5.75 Å². The van der Waals surface area contributed by atoms with Gasteiger partial charge >= 0.3 is 6.36 Å². The Morgan fingerprint density at radius 1 is 1.10 bits per heavy atom. The summed E-state index contributed by atoms with van der Waals surface area (Å²) in [4.78, 5) is 4.11. The molecule has 1 heterocycles. The number of rotatable bonds is 4. The lowest BCUT2D eigenvalue weighted by Gasteiger charge is -2.17. The van der Waals surface area contributed by atoms with Crippen molar-refractivity contribution in [3.8, 4) is 5.75 Å². The lowest BCUT2D eigenvalue weighted by Crippen LogP contribution is -2.21. The van der Waals surface area contributed by atoms with Crippen molar-refractivity contribution < 1.29 is 17.9 Å². The number of benzene rings is 1. The zero-order chi connectivity index (χ0) is 14.6. The van der Waals surface area contributed by atoms with Gasteiger partial charge in [-0.25, -0.2) is 0 Å². The van der Waals surface area contributed by atoms with Crippen molar-refractivity contribution >= 4 is 0 Å². The molecule has 1 aromatic heterocycles. The summed E-state index contributed by atoms with van der Waals surface area (Å²) >= 11 is 0. The molecule has 0 aliphatic rings. The quantitative estimate of drug-likeness (QED) is 0.936. The van der Waals surface area contributed by atoms with Gasteiger partial charge in [-0.1, -0.05) is 24.3 Å². The molecule has 3 nitrogen and oxygen atoms in total. The summed E-state index contributed by atoms with van der Waals surface area (Å²) in [6, 6.07) is 10.6. The fraction of sp³-hybridized carbons (Fsp3) is 0.214. The molecular weight excluding hydrogens is 269 g/mol. The van der Waals surface area contributed by atoms with E-state index in [9.17, 15) is 13.2 Å². The van der Waals surface area contributed by atoms with Gasteiger partial charge in [0.1, 0.15) is 5.75 Å². The number of nitrogens with two attached hydrogens (primary N) is 1. The van der Waals surface area contributed by atoms with Gasteiger partial charge in [-0.3, -0.25) is 4.98 Å². The van der Waals surface area contributed by atoms with Crippen molar-refractivity contribution in [1.82, 2.24) is 4.98 Å². The van der Waals surface area contributed by atoms with Crippen LogP contribution in [0.4, 0.5) is 13.2 Å². The van der Waals surface area contributed by atoms with Crippen LogP contribution in [-0.4, -0.2) is 11.3 Å². The molecule has 0 radical (unpaired) electrons. The van der Waals surface area contributed by atoms with Crippen molar-refractivity contribution in [2.45, 2.75) is 18.8 Å². The van der Waals surface area contributed by atoms with E-state index >= 15 is 0 Å². The Balaban J connectivity index is 2.19. The molecule has 1 atom stereocenters. The van der Waals surface area contributed by atoms with E-state index in [4.69, 9.17) is 5.73 Å². The zero-order valence-corrected chi connectivity index (χ0v) is 10.5. The molecule has 0 aliphatic carbocycles. The molecule has 2 aromatic rings. The van der Waals surface area contributed by atoms with Gasteiger partial charge in [0.2, 0.25) is 0 Å². The summed E-state index contributed by atoms with van der Waals surface area (Å²) in [6.07, 6.45) is -2.79. The van der Waals surface area contributed by atoms with Gasteiger partial charge in [0.15, 0.2) is 0 Å². The maximum atomic E-state index is 12.3. The highest BCUT2D eigenvalue weighted by molar-refractivity contribution is 5.36. The van der Waals surface area contributed by atoms with Crippen LogP contribution in [0.15, 0.2) is 48.7 Å².